The van der Waals surface area contributed by atoms with E-state index in [1.54, 1.807) is 48.7 Å². The molecule has 0 bridgehead atoms. The van der Waals surface area contributed by atoms with Gasteiger partial charge >= 0.3 is 0 Å². The summed E-state index contributed by atoms with van der Waals surface area (Å²) in [5.74, 6) is -0.510. The predicted octanol–water partition coefficient (Wildman–Crippen LogP) is 2.36. The summed E-state index contributed by atoms with van der Waals surface area (Å²) in [7, 11) is 1.56. The van der Waals surface area contributed by atoms with Crippen LogP contribution in [0.5, 0.6) is 5.75 Å². The number of nitrogens with one attached hydrogen (secondary N) is 2. The molecule has 1 saturated heterocycles. The molecule has 34 heavy (non-hydrogen) atoms. The molecule has 0 aliphatic carbocycles. The standard InChI is InChI=1S/C23H24N6O4S/c1-33-18-8-6-17(7-9-18)26-20(31)21-27-28-22(34-21)23(32)29-11-3-5-16(14-29)19(30)25-13-15-4-2-10-24-12-15/h2,4,6-10,12,16H,3,5,11,13-14H2,1H3,(H,25,30)(H,26,31). The maximum absolute atomic E-state index is 13.0. The zero-order chi connectivity index (χ0) is 23.9. The summed E-state index contributed by atoms with van der Waals surface area (Å²) in [5, 5.41) is 13.6. The van der Waals surface area contributed by atoms with Crippen molar-refractivity contribution in [3.63, 3.8) is 0 Å². The van der Waals surface area contributed by atoms with Crippen molar-refractivity contribution in [1.29, 1.82) is 0 Å². The van der Waals surface area contributed by atoms with Crippen molar-refractivity contribution in [2.24, 2.45) is 5.92 Å². The molecular weight excluding hydrogens is 456 g/mol. The molecule has 1 aromatic carbocycles. The first-order valence-corrected chi connectivity index (χ1v) is 11.6. The third kappa shape index (κ3) is 5.73. The second-order valence-corrected chi connectivity index (χ2v) is 8.74. The lowest BCUT2D eigenvalue weighted by Crippen LogP contribution is -2.45. The number of nitrogens with zero attached hydrogens (tertiary/aromatic N) is 4. The number of hydrogen-bond acceptors (Lipinski definition) is 8. The molecule has 11 heteroatoms. The van der Waals surface area contributed by atoms with Gasteiger partial charge in [0.25, 0.3) is 11.8 Å². The Morgan fingerprint density at radius 2 is 1.94 bits per heavy atom. The molecule has 0 radical (unpaired) electrons. The Hall–Kier alpha value is -3.86. The molecule has 1 unspecified atom stereocenters. The molecule has 2 aromatic heterocycles. The Morgan fingerprint density at radius 3 is 2.68 bits per heavy atom. The number of amides is 3. The van der Waals surface area contributed by atoms with Gasteiger partial charge in [-0.15, -0.1) is 10.2 Å². The topological polar surface area (TPSA) is 126 Å². The van der Waals surface area contributed by atoms with Crippen molar-refractivity contribution in [2.45, 2.75) is 19.4 Å². The van der Waals surface area contributed by atoms with Crippen molar-refractivity contribution in [3.05, 3.63) is 64.4 Å². The highest BCUT2D eigenvalue weighted by Gasteiger charge is 2.30. The van der Waals surface area contributed by atoms with Crippen LogP contribution >= 0.6 is 11.3 Å². The number of hydrogen-bond donors (Lipinski definition) is 2. The van der Waals surface area contributed by atoms with E-state index < -0.39 is 5.91 Å². The highest BCUT2D eigenvalue weighted by atomic mass is 32.1. The molecule has 4 rings (SSSR count). The SMILES string of the molecule is COc1ccc(NC(=O)c2nnc(C(=O)N3CCCC(C(=O)NCc4cccnc4)C3)s2)cc1. The minimum Gasteiger partial charge on any atom is -0.497 e. The van der Waals surface area contributed by atoms with Crippen LogP contribution in [0, 0.1) is 5.92 Å². The first kappa shape index (κ1) is 23.3. The van der Waals surface area contributed by atoms with Gasteiger partial charge in [0.2, 0.25) is 15.9 Å². The van der Waals surface area contributed by atoms with Gasteiger partial charge in [-0.05, 0) is 48.7 Å². The Balaban J connectivity index is 1.33. The number of ether oxygens (including phenoxy) is 1. The third-order valence-electron chi connectivity index (χ3n) is 5.42. The van der Waals surface area contributed by atoms with Gasteiger partial charge in [-0.1, -0.05) is 17.4 Å². The summed E-state index contributed by atoms with van der Waals surface area (Å²) in [6.07, 6.45) is 4.79. The van der Waals surface area contributed by atoms with E-state index in [0.29, 0.717) is 43.9 Å². The van der Waals surface area contributed by atoms with E-state index in [1.807, 2.05) is 12.1 Å². The normalized spacial score (nSPS) is 15.4. The van der Waals surface area contributed by atoms with Gasteiger partial charge in [0.15, 0.2) is 0 Å². The van der Waals surface area contributed by atoms with Gasteiger partial charge < -0.3 is 20.3 Å². The quantitative estimate of drug-likeness (QED) is 0.532. The summed E-state index contributed by atoms with van der Waals surface area (Å²) >= 11 is 0.929. The maximum Gasteiger partial charge on any atom is 0.286 e. The molecule has 1 aliphatic rings. The number of methoxy groups -OCH3 is 1. The van der Waals surface area contributed by atoms with Crippen molar-refractivity contribution < 1.29 is 19.1 Å². The van der Waals surface area contributed by atoms with E-state index in [0.717, 1.165) is 16.9 Å². The van der Waals surface area contributed by atoms with Crippen LogP contribution in [0.25, 0.3) is 0 Å². The molecule has 3 aromatic rings. The fraction of sp³-hybridized carbons (Fsp3) is 0.304. The summed E-state index contributed by atoms with van der Waals surface area (Å²) in [6, 6.07) is 10.6. The number of benzene rings is 1. The minimum absolute atomic E-state index is 0.0851. The van der Waals surface area contributed by atoms with Gasteiger partial charge in [-0.25, -0.2) is 0 Å². The fourth-order valence-corrected chi connectivity index (χ4v) is 4.31. The number of piperidine rings is 1. The van der Waals surface area contributed by atoms with E-state index in [2.05, 4.69) is 25.8 Å². The predicted molar refractivity (Wildman–Crippen MR) is 126 cm³/mol. The van der Waals surface area contributed by atoms with Crippen LogP contribution in [0.4, 0.5) is 5.69 Å². The number of anilines is 1. The van der Waals surface area contributed by atoms with Crippen molar-refractivity contribution in [1.82, 2.24) is 25.4 Å². The summed E-state index contributed by atoms with van der Waals surface area (Å²) < 4.78 is 5.10. The molecule has 0 spiro atoms. The Bertz CT molecular complexity index is 1150. The molecule has 3 heterocycles. The third-order valence-corrected chi connectivity index (χ3v) is 6.33. The van der Waals surface area contributed by atoms with Crippen LogP contribution in [0.2, 0.25) is 0 Å². The minimum atomic E-state index is -0.451. The van der Waals surface area contributed by atoms with Gasteiger partial charge in [0, 0.05) is 37.7 Å². The Labute approximate surface area is 200 Å². The van der Waals surface area contributed by atoms with Crippen molar-refractivity contribution in [2.75, 3.05) is 25.5 Å². The monoisotopic (exact) mass is 480 g/mol. The van der Waals surface area contributed by atoms with E-state index in [1.165, 1.54) is 0 Å². The molecule has 176 valence electrons. The summed E-state index contributed by atoms with van der Waals surface area (Å²) in [6.45, 7) is 1.21. The van der Waals surface area contributed by atoms with Crippen LogP contribution < -0.4 is 15.4 Å². The van der Waals surface area contributed by atoms with E-state index in [4.69, 9.17) is 4.74 Å². The number of likely N-dealkylation sites (tertiary alicyclic amines) is 1. The van der Waals surface area contributed by atoms with Gasteiger partial charge in [0.05, 0.1) is 13.0 Å². The van der Waals surface area contributed by atoms with Crippen LogP contribution in [0.1, 0.15) is 38.0 Å². The maximum atomic E-state index is 13.0. The average molecular weight is 481 g/mol. The molecule has 0 saturated carbocycles. The van der Waals surface area contributed by atoms with Crippen molar-refractivity contribution >= 4 is 34.7 Å². The Kier molecular flexibility index (Phi) is 7.43. The second-order valence-electron chi connectivity index (χ2n) is 7.76. The van der Waals surface area contributed by atoms with Crippen molar-refractivity contribution in [3.8, 4) is 5.75 Å². The fourth-order valence-electron chi connectivity index (χ4n) is 3.61. The highest BCUT2D eigenvalue weighted by molar-refractivity contribution is 7.15. The van der Waals surface area contributed by atoms with E-state index in [9.17, 15) is 14.4 Å². The lowest BCUT2D eigenvalue weighted by molar-refractivity contribution is -0.126. The molecule has 1 aliphatic heterocycles. The second kappa shape index (κ2) is 10.8. The van der Waals surface area contributed by atoms with Crippen LogP contribution in [-0.4, -0.2) is 58.0 Å². The number of aromatic nitrogens is 3. The molecule has 1 atom stereocenters. The average Bonchev–Trinajstić information content (AvgIpc) is 3.38. The van der Waals surface area contributed by atoms with E-state index >= 15 is 0 Å². The smallest absolute Gasteiger partial charge is 0.286 e. The number of carbonyl (C=O) groups is 3. The first-order chi connectivity index (χ1) is 16.5. The largest absolute Gasteiger partial charge is 0.497 e. The number of carbonyl (C=O) groups excluding carboxylic acids is 3. The molecule has 1 fully saturated rings. The lowest BCUT2D eigenvalue weighted by Gasteiger charge is -2.31. The molecule has 2 N–H and O–H groups in total. The summed E-state index contributed by atoms with van der Waals surface area (Å²) in [5.41, 5.74) is 1.49. The molecule has 10 nitrogen and oxygen atoms in total. The van der Waals surface area contributed by atoms with E-state index in [-0.39, 0.29) is 27.7 Å². The Morgan fingerprint density at radius 1 is 1.15 bits per heavy atom. The number of pyridine rings is 1. The zero-order valence-corrected chi connectivity index (χ0v) is 19.4. The van der Waals surface area contributed by atoms with Gasteiger partial charge in [0.1, 0.15) is 5.75 Å². The summed E-state index contributed by atoms with van der Waals surface area (Å²) in [4.78, 5) is 43.7. The first-order valence-electron chi connectivity index (χ1n) is 10.8. The highest BCUT2D eigenvalue weighted by Crippen LogP contribution is 2.22. The lowest BCUT2D eigenvalue weighted by atomic mass is 9.97. The van der Waals surface area contributed by atoms with Crippen LogP contribution in [0.15, 0.2) is 48.8 Å². The zero-order valence-electron chi connectivity index (χ0n) is 18.6. The van der Waals surface area contributed by atoms with Gasteiger partial charge in [-0.3, -0.25) is 19.4 Å². The van der Waals surface area contributed by atoms with Gasteiger partial charge in [-0.2, -0.15) is 0 Å². The van der Waals surface area contributed by atoms with Crippen LogP contribution in [0.3, 0.4) is 0 Å². The number of rotatable bonds is 7. The molecule has 3 amide bonds. The van der Waals surface area contributed by atoms with Crippen LogP contribution in [-0.2, 0) is 11.3 Å². The molecular formula is C23H24N6O4S.